The van der Waals surface area contributed by atoms with E-state index in [2.05, 4.69) is 15.6 Å². The maximum atomic E-state index is 13.3. The van der Waals surface area contributed by atoms with Crippen molar-refractivity contribution in [1.82, 2.24) is 20.5 Å². The van der Waals surface area contributed by atoms with E-state index >= 15 is 0 Å². The van der Waals surface area contributed by atoms with Crippen LogP contribution >= 0.6 is 0 Å². The number of aliphatic hydroxyl groups is 1. The minimum atomic E-state index is -1.28. The Morgan fingerprint density at radius 2 is 1.86 bits per heavy atom. The number of aromatic nitrogens is 1. The highest BCUT2D eigenvalue weighted by atomic mass is 16.4. The van der Waals surface area contributed by atoms with Gasteiger partial charge in [-0.2, -0.15) is 0 Å². The number of para-hydroxylation sites is 1. The van der Waals surface area contributed by atoms with Crippen LogP contribution in [-0.4, -0.2) is 80.6 Å². The Morgan fingerprint density at radius 3 is 2.50 bits per heavy atom. The molecule has 5 atom stereocenters. The number of aromatic amines is 1. The molecule has 196 valence electrons. The highest BCUT2D eigenvalue weighted by Crippen LogP contribution is 2.22. The summed E-state index contributed by atoms with van der Waals surface area (Å²) in [6, 6.07) is 3.20. The summed E-state index contributed by atoms with van der Waals surface area (Å²) >= 11 is 0. The number of nitrogens with one attached hydrogen (secondary N) is 3. The summed E-state index contributed by atoms with van der Waals surface area (Å²) in [6.07, 6.45) is 1.42. The van der Waals surface area contributed by atoms with Crippen LogP contribution in [0.1, 0.15) is 39.2 Å². The number of amides is 3. The molecule has 1 aromatic heterocycles. The van der Waals surface area contributed by atoms with E-state index in [1.165, 1.54) is 11.8 Å². The van der Waals surface area contributed by atoms with E-state index in [4.69, 9.17) is 5.73 Å². The first-order valence-corrected chi connectivity index (χ1v) is 12.1. The normalized spacial score (nSPS) is 19.1. The van der Waals surface area contributed by atoms with Crippen molar-refractivity contribution in [2.24, 2.45) is 11.7 Å². The topological polar surface area (TPSA) is 178 Å². The molecule has 11 nitrogen and oxygen atoms in total. The van der Waals surface area contributed by atoms with Crippen molar-refractivity contribution in [1.29, 1.82) is 0 Å². The second-order valence-corrected chi connectivity index (χ2v) is 9.65. The van der Waals surface area contributed by atoms with Gasteiger partial charge in [-0.15, -0.1) is 0 Å². The summed E-state index contributed by atoms with van der Waals surface area (Å²) in [5, 5.41) is 25.9. The first-order chi connectivity index (χ1) is 17.0. The predicted octanol–water partition coefficient (Wildman–Crippen LogP) is 0.120. The molecule has 0 bridgehead atoms. The molecular weight excluding hydrogens is 466 g/mol. The van der Waals surface area contributed by atoms with Gasteiger partial charge in [-0.25, -0.2) is 4.79 Å². The molecule has 2 heterocycles. The summed E-state index contributed by atoms with van der Waals surface area (Å²) in [5.41, 5.74) is 7.48. The second kappa shape index (κ2) is 11.5. The number of aliphatic hydroxyl groups excluding tert-OH is 1. The van der Waals surface area contributed by atoms with Gasteiger partial charge in [-0.1, -0.05) is 32.0 Å². The summed E-state index contributed by atoms with van der Waals surface area (Å²) in [5.74, 6) is -3.15. The molecule has 11 heteroatoms. The number of hydrogen-bond donors (Lipinski definition) is 6. The molecule has 1 aromatic carbocycles. The molecule has 3 rings (SSSR count). The molecule has 0 aliphatic carbocycles. The van der Waals surface area contributed by atoms with Crippen LogP contribution in [0.25, 0.3) is 10.9 Å². The van der Waals surface area contributed by atoms with Crippen molar-refractivity contribution in [2.75, 3.05) is 6.54 Å². The van der Waals surface area contributed by atoms with Crippen molar-refractivity contribution in [3.8, 4) is 0 Å². The smallest absolute Gasteiger partial charge is 0.326 e. The Labute approximate surface area is 209 Å². The number of fused-ring (bicyclic) bond motifs is 1. The lowest BCUT2D eigenvalue weighted by molar-refractivity contribution is -0.146. The van der Waals surface area contributed by atoms with Gasteiger partial charge in [-0.05, 0) is 37.3 Å². The number of likely N-dealkylation sites (tertiary alicyclic amines) is 1. The molecule has 7 N–H and O–H groups in total. The standard InChI is InChI=1S/C25H35N5O6/c1-13(2)20(26)23(33)29-21(14(3)31)24(34)30-10-6-9-19(30)22(32)28-18(25(35)36)11-15-12-27-17-8-5-4-7-16(15)17/h4-5,7-8,12-14,18-21,27,31H,6,9-11,26H2,1-3H3,(H,28,32)(H,29,33)(H,35,36). The van der Waals surface area contributed by atoms with Crippen LogP contribution in [0.15, 0.2) is 30.5 Å². The van der Waals surface area contributed by atoms with Crippen LogP contribution in [0.5, 0.6) is 0 Å². The Balaban J connectivity index is 1.72. The maximum absolute atomic E-state index is 13.3. The third-order valence-corrected chi connectivity index (χ3v) is 6.62. The lowest BCUT2D eigenvalue weighted by Crippen LogP contribution is -2.60. The Hall–Kier alpha value is -3.44. The van der Waals surface area contributed by atoms with Crippen LogP contribution in [-0.2, 0) is 25.6 Å². The summed E-state index contributed by atoms with van der Waals surface area (Å²) < 4.78 is 0. The largest absolute Gasteiger partial charge is 0.480 e. The number of nitrogens with zero attached hydrogens (tertiary/aromatic N) is 1. The number of nitrogens with two attached hydrogens (primary N) is 1. The lowest BCUT2D eigenvalue weighted by Gasteiger charge is -2.31. The van der Waals surface area contributed by atoms with Gasteiger partial charge in [0.2, 0.25) is 17.7 Å². The van der Waals surface area contributed by atoms with Crippen LogP contribution in [0.2, 0.25) is 0 Å². The Bertz CT molecular complexity index is 1110. The van der Waals surface area contributed by atoms with E-state index in [1.807, 2.05) is 24.3 Å². The van der Waals surface area contributed by atoms with E-state index in [0.717, 1.165) is 16.5 Å². The Morgan fingerprint density at radius 1 is 1.17 bits per heavy atom. The SMILES string of the molecule is CC(C)C(N)C(=O)NC(C(=O)N1CCCC1C(=O)NC(Cc1c[nH]c2ccccc12)C(=O)O)C(C)O. The zero-order valence-electron chi connectivity index (χ0n) is 20.7. The molecule has 1 saturated heterocycles. The van der Waals surface area contributed by atoms with Gasteiger partial charge >= 0.3 is 5.97 Å². The number of hydrogen-bond acceptors (Lipinski definition) is 6. The summed E-state index contributed by atoms with van der Waals surface area (Å²) in [6.45, 7) is 5.14. The average Bonchev–Trinajstić information content (AvgIpc) is 3.48. The average molecular weight is 502 g/mol. The van der Waals surface area contributed by atoms with E-state index in [0.29, 0.717) is 12.8 Å². The van der Waals surface area contributed by atoms with Gasteiger partial charge < -0.3 is 36.5 Å². The first kappa shape index (κ1) is 27.2. The first-order valence-electron chi connectivity index (χ1n) is 12.1. The fourth-order valence-corrected chi connectivity index (χ4v) is 4.41. The van der Waals surface area contributed by atoms with Crippen LogP contribution in [0.3, 0.4) is 0 Å². The molecular formula is C25H35N5O6. The number of aliphatic carboxylic acids is 1. The quantitative estimate of drug-likeness (QED) is 0.268. The molecule has 36 heavy (non-hydrogen) atoms. The van der Waals surface area contributed by atoms with Crippen LogP contribution in [0, 0.1) is 5.92 Å². The van der Waals surface area contributed by atoms with E-state index in [9.17, 15) is 29.4 Å². The summed E-state index contributed by atoms with van der Waals surface area (Å²) in [7, 11) is 0. The number of carbonyl (C=O) groups is 4. The molecule has 3 amide bonds. The molecule has 0 saturated carbocycles. The maximum Gasteiger partial charge on any atom is 0.326 e. The van der Waals surface area contributed by atoms with Gasteiger partial charge in [-0.3, -0.25) is 14.4 Å². The van der Waals surface area contributed by atoms with E-state index in [-0.39, 0.29) is 18.9 Å². The highest BCUT2D eigenvalue weighted by Gasteiger charge is 2.40. The molecule has 0 spiro atoms. The monoisotopic (exact) mass is 501 g/mol. The van der Waals surface area contributed by atoms with Crippen molar-refractivity contribution in [3.05, 3.63) is 36.0 Å². The lowest BCUT2D eigenvalue weighted by atomic mass is 10.0. The number of benzene rings is 1. The van der Waals surface area contributed by atoms with Crippen molar-refractivity contribution >= 4 is 34.6 Å². The summed E-state index contributed by atoms with van der Waals surface area (Å²) in [4.78, 5) is 55.2. The highest BCUT2D eigenvalue weighted by molar-refractivity contribution is 5.95. The number of carbonyl (C=O) groups excluding carboxylic acids is 3. The van der Waals surface area contributed by atoms with Gasteiger partial charge in [0.1, 0.15) is 18.1 Å². The minimum Gasteiger partial charge on any atom is -0.480 e. The molecule has 1 aliphatic heterocycles. The van der Waals surface area contributed by atoms with E-state index in [1.54, 1.807) is 20.0 Å². The zero-order chi connectivity index (χ0) is 26.6. The van der Waals surface area contributed by atoms with Gasteiger partial charge in [0.15, 0.2) is 0 Å². The molecule has 0 radical (unpaired) electrons. The molecule has 2 aromatic rings. The third-order valence-electron chi connectivity index (χ3n) is 6.62. The van der Waals surface area contributed by atoms with Crippen molar-refractivity contribution in [3.63, 3.8) is 0 Å². The number of H-pyrrole nitrogens is 1. The number of carboxylic acid groups (broad SMARTS) is 1. The van der Waals surface area contributed by atoms with Gasteiger partial charge in [0.25, 0.3) is 0 Å². The van der Waals surface area contributed by atoms with Crippen molar-refractivity contribution < 1.29 is 29.4 Å². The zero-order valence-corrected chi connectivity index (χ0v) is 20.7. The number of rotatable bonds is 10. The Kier molecular flexibility index (Phi) is 8.70. The van der Waals surface area contributed by atoms with Crippen molar-refractivity contribution in [2.45, 2.75) is 70.3 Å². The van der Waals surface area contributed by atoms with E-state index < -0.39 is 54.0 Å². The van der Waals surface area contributed by atoms with Gasteiger partial charge in [0, 0.05) is 30.1 Å². The van der Waals surface area contributed by atoms with Crippen LogP contribution in [0.4, 0.5) is 0 Å². The molecule has 1 fully saturated rings. The minimum absolute atomic E-state index is 0.0607. The predicted molar refractivity (Wildman–Crippen MR) is 133 cm³/mol. The van der Waals surface area contributed by atoms with Gasteiger partial charge in [0.05, 0.1) is 12.1 Å². The third kappa shape index (κ3) is 6.03. The molecule has 1 aliphatic rings. The van der Waals surface area contributed by atoms with Crippen LogP contribution < -0.4 is 16.4 Å². The fourth-order valence-electron chi connectivity index (χ4n) is 4.41. The second-order valence-electron chi connectivity index (χ2n) is 9.65. The number of carboxylic acids is 1. The molecule has 5 unspecified atom stereocenters. The fraction of sp³-hybridized carbons (Fsp3) is 0.520.